The molecule has 0 atom stereocenters. The van der Waals surface area contributed by atoms with E-state index < -0.39 is 0 Å². The van der Waals surface area contributed by atoms with Crippen LogP contribution in [0.4, 0.5) is 17.1 Å². The Balaban J connectivity index is 0.00000353. The van der Waals surface area contributed by atoms with E-state index in [-0.39, 0.29) is 18.3 Å². The number of fused-ring (bicyclic) bond motifs is 2. The fourth-order valence-corrected chi connectivity index (χ4v) is 4.77. The predicted octanol–water partition coefficient (Wildman–Crippen LogP) is 6.96. The number of carbonyl (C=O) groups excluding carboxylic acids is 1. The molecule has 0 saturated heterocycles. The van der Waals surface area contributed by atoms with Crippen molar-refractivity contribution in [2.75, 3.05) is 32.0 Å². The summed E-state index contributed by atoms with van der Waals surface area (Å²) in [5.74, 6) is 1.89. The Hall–Kier alpha value is -4.23. The summed E-state index contributed by atoms with van der Waals surface area (Å²) in [6.07, 6.45) is 7.47. The Kier molecular flexibility index (Phi) is 8.94. The number of anilines is 3. The van der Waals surface area contributed by atoms with E-state index in [1.54, 1.807) is 27.4 Å². The van der Waals surface area contributed by atoms with Gasteiger partial charge in [0.15, 0.2) is 11.5 Å². The summed E-state index contributed by atoms with van der Waals surface area (Å²) in [7, 11) is 4.88. The molecule has 7 nitrogen and oxygen atoms in total. The van der Waals surface area contributed by atoms with Gasteiger partial charge >= 0.3 is 0 Å². The second kappa shape index (κ2) is 12.5. The van der Waals surface area contributed by atoms with Crippen molar-refractivity contribution in [3.8, 4) is 17.2 Å². The summed E-state index contributed by atoms with van der Waals surface area (Å²) in [5.41, 5.74) is 6.76. The standard InChI is InChI=1S/C31H31N3O4.ClH/c1-36-23-13-8-20(9-14-23)10-17-30(35)32-21-11-15-27-25(18-21)31(24-6-4-5-7-26(24)34-27)33-22-12-16-28(37-2)29(19-22)38-3;/h8-19H,4-7H2,1-3H3,(H,32,35)(H,33,34);1H. The third kappa shape index (κ3) is 6.26. The van der Waals surface area contributed by atoms with Crippen LogP contribution in [0.25, 0.3) is 17.0 Å². The lowest BCUT2D eigenvalue weighted by molar-refractivity contribution is -0.111. The maximum absolute atomic E-state index is 12.7. The van der Waals surface area contributed by atoms with Gasteiger partial charge in [0.1, 0.15) is 5.75 Å². The van der Waals surface area contributed by atoms with Crippen LogP contribution in [0.2, 0.25) is 0 Å². The number of halogens is 1. The highest BCUT2D eigenvalue weighted by Gasteiger charge is 2.19. The lowest BCUT2D eigenvalue weighted by Gasteiger charge is -2.22. The molecule has 39 heavy (non-hydrogen) atoms. The van der Waals surface area contributed by atoms with Crippen LogP contribution < -0.4 is 24.8 Å². The Labute approximate surface area is 234 Å². The highest BCUT2D eigenvalue weighted by molar-refractivity contribution is 6.04. The van der Waals surface area contributed by atoms with E-state index in [2.05, 4.69) is 10.6 Å². The predicted molar refractivity (Wildman–Crippen MR) is 159 cm³/mol. The van der Waals surface area contributed by atoms with Crippen LogP contribution in [0, 0.1) is 0 Å². The van der Waals surface area contributed by atoms with Gasteiger partial charge < -0.3 is 24.8 Å². The molecule has 1 aliphatic carbocycles. The summed E-state index contributed by atoms with van der Waals surface area (Å²) >= 11 is 0. The third-order valence-electron chi connectivity index (χ3n) is 6.73. The number of amides is 1. The van der Waals surface area contributed by atoms with Crippen molar-refractivity contribution in [3.05, 3.63) is 83.6 Å². The molecule has 5 rings (SSSR count). The molecule has 0 saturated carbocycles. The summed E-state index contributed by atoms with van der Waals surface area (Å²) in [4.78, 5) is 17.7. The average molecular weight is 546 g/mol. The normalized spacial score (nSPS) is 12.4. The molecule has 0 bridgehead atoms. The van der Waals surface area contributed by atoms with Crippen molar-refractivity contribution in [1.82, 2.24) is 4.98 Å². The number of methoxy groups -OCH3 is 3. The Morgan fingerprint density at radius 1 is 0.846 bits per heavy atom. The van der Waals surface area contributed by atoms with Gasteiger partial charge in [-0.3, -0.25) is 9.78 Å². The number of nitrogens with one attached hydrogen (secondary N) is 2. The second-order valence-corrected chi connectivity index (χ2v) is 9.14. The zero-order chi connectivity index (χ0) is 26.5. The lowest BCUT2D eigenvalue weighted by atomic mass is 9.92. The number of hydrogen-bond donors (Lipinski definition) is 2. The van der Waals surface area contributed by atoms with Crippen molar-refractivity contribution < 1.29 is 19.0 Å². The first kappa shape index (κ1) is 27.8. The van der Waals surface area contributed by atoms with E-state index in [1.807, 2.05) is 60.7 Å². The molecule has 1 amide bonds. The van der Waals surface area contributed by atoms with Crippen molar-refractivity contribution in [2.24, 2.45) is 0 Å². The summed E-state index contributed by atoms with van der Waals surface area (Å²) < 4.78 is 16.1. The number of ether oxygens (including phenoxy) is 3. The van der Waals surface area contributed by atoms with Crippen LogP contribution in [0.1, 0.15) is 29.7 Å². The summed E-state index contributed by atoms with van der Waals surface area (Å²) in [6, 6.07) is 19.2. The van der Waals surface area contributed by atoms with Gasteiger partial charge in [-0.2, -0.15) is 0 Å². The fraction of sp³-hybridized carbons (Fsp3) is 0.226. The second-order valence-electron chi connectivity index (χ2n) is 9.14. The number of hydrogen-bond acceptors (Lipinski definition) is 6. The van der Waals surface area contributed by atoms with E-state index in [9.17, 15) is 4.79 Å². The number of carbonyl (C=O) groups is 1. The molecule has 0 fully saturated rings. The van der Waals surface area contributed by atoms with Crippen LogP contribution in [0.5, 0.6) is 17.2 Å². The fourth-order valence-electron chi connectivity index (χ4n) is 4.77. The van der Waals surface area contributed by atoms with Crippen molar-refractivity contribution >= 4 is 52.4 Å². The molecule has 3 aromatic carbocycles. The van der Waals surface area contributed by atoms with Gasteiger partial charge in [-0.25, -0.2) is 0 Å². The van der Waals surface area contributed by atoms with Gasteiger partial charge in [-0.15, -0.1) is 12.4 Å². The lowest BCUT2D eigenvalue weighted by Crippen LogP contribution is -2.11. The number of rotatable bonds is 8. The maximum atomic E-state index is 12.7. The molecule has 1 heterocycles. The Morgan fingerprint density at radius 3 is 2.33 bits per heavy atom. The van der Waals surface area contributed by atoms with Crippen LogP contribution in [-0.4, -0.2) is 32.2 Å². The van der Waals surface area contributed by atoms with Gasteiger partial charge in [0.2, 0.25) is 5.91 Å². The topological polar surface area (TPSA) is 81.7 Å². The van der Waals surface area contributed by atoms with E-state index in [1.165, 1.54) is 11.6 Å². The molecule has 1 aromatic heterocycles. The van der Waals surface area contributed by atoms with E-state index in [0.29, 0.717) is 17.2 Å². The quantitative estimate of drug-likeness (QED) is 0.233. The van der Waals surface area contributed by atoms with Crippen molar-refractivity contribution in [3.63, 3.8) is 0 Å². The van der Waals surface area contributed by atoms with Crippen LogP contribution in [0.3, 0.4) is 0 Å². The van der Waals surface area contributed by atoms with E-state index in [0.717, 1.165) is 65.0 Å². The molecular formula is C31H32ClN3O4. The van der Waals surface area contributed by atoms with Crippen molar-refractivity contribution in [1.29, 1.82) is 0 Å². The monoisotopic (exact) mass is 545 g/mol. The molecular weight excluding hydrogens is 514 g/mol. The number of aryl methyl sites for hydroxylation is 1. The minimum absolute atomic E-state index is 0. The molecule has 0 unspecified atom stereocenters. The molecule has 4 aromatic rings. The molecule has 0 radical (unpaired) electrons. The van der Waals surface area contributed by atoms with Crippen molar-refractivity contribution in [2.45, 2.75) is 25.7 Å². The number of aromatic nitrogens is 1. The first-order chi connectivity index (χ1) is 18.6. The summed E-state index contributed by atoms with van der Waals surface area (Å²) in [5, 5.41) is 7.57. The first-order valence-electron chi connectivity index (χ1n) is 12.7. The minimum Gasteiger partial charge on any atom is -0.497 e. The number of nitrogens with zero attached hydrogens (tertiary/aromatic N) is 1. The van der Waals surface area contributed by atoms with Gasteiger partial charge in [-0.1, -0.05) is 12.1 Å². The highest BCUT2D eigenvalue weighted by atomic mass is 35.5. The van der Waals surface area contributed by atoms with Gasteiger partial charge in [-0.05, 0) is 85.4 Å². The summed E-state index contributed by atoms with van der Waals surface area (Å²) in [6.45, 7) is 0. The van der Waals surface area contributed by atoms with Crippen LogP contribution >= 0.6 is 12.4 Å². The van der Waals surface area contributed by atoms with E-state index >= 15 is 0 Å². The zero-order valence-corrected chi connectivity index (χ0v) is 23.1. The van der Waals surface area contributed by atoms with Gasteiger partial charge in [0, 0.05) is 34.6 Å². The molecule has 0 spiro atoms. The van der Waals surface area contributed by atoms with Crippen LogP contribution in [0.15, 0.2) is 66.7 Å². The third-order valence-corrected chi connectivity index (χ3v) is 6.73. The van der Waals surface area contributed by atoms with Gasteiger partial charge in [0.25, 0.3) is 0 Å². The number of pyridine rings is 1. The number of benzene rings is 3. The molecule has 1 aliphatic rings. The van der Waals surface area contributed by atoms with Gasteiger partial charge in [0.05, 0.1) is 32.5 Å². The largest absolute Gasteiger partial charge is 0.497 e. The zero-order valence-electron chi connectivity index (χ0n) is 22.2. The molecule has 0 aliphatic heterocycles. The Morgan fingerprint density at radius 2 is 1.59 bits per heavy atom. The molecule has 202 valence electrons. The smallest absolute Gasteiger partial charge is 0.248 e. The minimum atomic E-state index is -0.208. The SMILES string of the molecule is COc1ccc(C=CC(=O)Nc2ccc3nc4c(c(Nc5ccc(OC)c(OC)c5)c3c2)CCCC4)cc1.Cl. The van der Waals surface area contributed by atoms with E-state index in [4.69, 9.17) is 19.2 Å². The first-order valence-corrected chi connectivity index (χ1v) is 12.7. The maximum Gasteiger partial charge on any atom is 0.248 e. The molecule has 8 heteroatoms. The molecule has 2 N–H and O–H groups in total. The Bertz CT molecular complexity index is 1500. The average Bonchev–Trinajstić information content (AvgIpc) is 2.96. The highest BCUT2D eigenvalue weighted by Crippen LogP contribution is 2.38. The van der Waals surface area contributed by atoms with Crippen LogP contribution in [-0.2, 0) is 17.6 Å².